The first-order valence-corrected chi connectivity index (χ1v) is 7.30. The quantitative estimate of drug-likeness (QED) is 0.474. The van der Waals surface area contributed by atoms with Gasteiger partial charge in [0.15, 0.2) is 0 Å². The SMILES string of the molecule is Oc1ccc2cc(-c3c(O)ccc4ccccc34)c(O)cc2c1. The van der Waals surface area contributed by atoms with Gasteiger partial charge in [0.1, 0.15) is 17.2 Å². The van der Waals surface area contributed by atoms with Crippen LogP contribution in [0.15, 0.2) is 66.7 Å². The van der Waals surface area contributed by atoms with E-state index in [1.54, 1.807) is 30.3 Å². The zero-order valence-electron chi connectivity index (χ0n) is 12.2. The lowest BCUT2D eigenvalue weighted by molar-refractivity contribution is 0.470. The predicted molar refractivity (Wildman–Crippen MR) is 91.9 cm³/mol. The van der Waals surface area contributed by atoms with Gasteiger partial charge in [0.25, 0.3) is 0 Å². The van der Waals surface area contributed by atoms with E-state index in [2.05, 4.69) is 0 Å². The molecular formula is C20H14O3. The summed E-state index contributed by atoms with van der Waals surface area (Å²) in [7, 11) is 0. The van der Waals surface area contributed by atoms with E-state index in [-0.39, 0.29) is 17.2 Å². The first-order valence-electron chi connectivity index (χ1n) is 7.30. The minimum Gasteiger partial charge on any atom is -0.508 e. The normalized spacial score (nSPS) is 11.1. The average molecular weight is 302 g/mol. The lowest BCUT2D eigenvalue weighted by Gasteiger charge is -2.12. The average Bonchev–Trinajstić information content (AvgIpc) is 2.55. The lowest BCUT2D eigenvalue weighted by Crippen LogP contribution is -1.85. The Morgan fingerprint density at radius 2 is 1.35 bits per heavy atom. The van der Waals surface area contributed by atoms with Crippen LogP contribution in [-0.2, 0) is 0 Å². The topological polar surface area (TPSA) is 60.7 Å². The van der Waals surface area contributed by atoms with Gasteiger partial charge < -0.3 is 15.3 Å². The Labute approximate surface area is 132 Å². The van der Waals surface area contributed by atoms with E-state index in [9.17, 15) is 15.3 Å². The Bertz CT molecular complexity index is 1050. The van der Waals surface area contributed by atoms with Gasteiger partial charge in [-0.3, -0.25) is 0 Å². The molecule has 4 rings (SSSR count). The van der Waals surface area contributed by atoms with Crippen molar-refractivity contribution in [2.45, 2.75) is 0 Å². The molecule has 23 heavy (non-hydrogen) atoms. The van der Waals surface area contributed by atoms with Crippen LogP contribution < -0.4 is 0 Å². The van der Waals surface area contributed by atoms with Crippen molar-refractivity contribution in [2.24, 2.45) is 0 Å². The second kappa shape index (κ2) is 4.92. The van der Waals surface area contributed by atoms with Crippen LogP contribution in [0.3, 0.4) is 0 Å². The Kier molecular flexibility index (Phi) is 2.88. The monoisotopic (exact) mass is 302 g/mol. The molecule has 3 heteroatoms. The maximum Gasteiger partial charge on any atom is 0.124 e. The Balaban J connectivity index is 2.08. The summed E-state index contributed by atoms with van der Waals surface area (Å²) in [5.74, 6) is 0.338. The molecule has 0 spiro atoms. The van der Waals surface area contributed by atoms with Gasteiger partial charge in [-0.05, 0) is 51.9 Å². The van der Waals surface area contributed by atoms with E-state index in [0.29, 0.717) is 11.1 Å². The van der Waals surface area contributed by atoms with Crippen LogP contribution in [0, 0.1) is 0 Å². The molecule has 3 nitrogen and oxygen atoms in total. The first kappa shape index (κ1) is 13.5. The Morgan fingerprint density at radius 1 is 0.565 bits per heavy atom. The van der Waals surface area contributed by atoms with E-state index in [4.69, 9.17) is 0 Å². The highest BCUT2D eigenvalue weighted by atomic mass is 16.3. The molecule has 0 aromatic heterocycles. The third kappa shape index (κ3) is 2.14. The molecule has 0 saturated carbocycles. The van der Waals surface area contributed by atoms with Gasteiger partial charge in [0, 0.05) is 11.1 Å². The lowest BCUT2D eigenvalue weighted by atomic mass is 9.94. The van der Waals surface area contributed by atoms with Gasteiger partial charge in [-0.1, -0.05) is 36.4 Å². The second-order valence-electron chi connectivity index (χ2n) is 5.58. The zero-order chi connectivity index (χ0) is 16.0. The van der Waals surface area contributed by atoms with E-state index in [1.807, 2.05) is 36.4 Å². The fraction of sp³-hybridized carbons (Fsp3) is 0. The highest BCUT2D eigenvalue weighted by molar-refractivity contribution is 6.03. The summed E-state index contributed by atoms with van der Waals surface area (Å²) in [6.45, 7) is 0. The summed E-state index contributed by atoms with van der Waals surface area (Å²) in [5.41, 5.74) is 1.17. The van der Waals surface area contributed by atoms with Crippen molar-refractivity contribution < 1.29 is 15.3 Å². The van der Waals surface area contributed by atoms with E-state index >= 15 is 0 Å². The largest absolute Gasteiger partial charge is 0.508 e. The van der Waals surface area contributed by atoms with Gasteiger partial charge >= 0.3 is 0 Å². The van der Waals surface area contributed by atoms with E-state index < -0.39 is 0 Å². The molecule has 0 radical (unpaired) electrons. The molecule has 4 aromatic rings. The molecule has 0 aliphatic rings. The summed E-state index contributed by atoms with van der Waals surface area (Å²) < 4.78 is 0. The number of fused-ring (bicyclic) bond motifs is 2. The van der Waals surface area contributed by atoms with E-state index in [1.165, 1.54) is 0 Å². The van der Waals surface area contributed by atoms with Crippen molar-refractivity contribution in [1.82, 2.24) is 0 Å². The highest BCUT2D eigenvalue weighted by Gasteiger charge is 2.14. The molecule has 0 aliphatic heterocycles. The zero-order valence-corrected chi connectivity index (χ0v) is 12.2. The molecule has 0 saturated heterocycles. The van der Waals surface area contributed by atoms with Crippen LogP contribution in [0.5, 0.6) is 17.2 Å². The van der Waals surface area contributed by atoms with E-state index in [0.717, 1.165) is 21.5 Å². The van der Waals surface area contributed by atoms with Crippen LogP contribution in [-0.4, -0.2) is 15.3 Å². The van der Waals surface area contributed by atoms with Gasteiger partial charge in [0.2, 0.25) is 0 Å². The molecule has 0 fully saturated rings. The number of benzene rings is 4. The third-order valence-corrected chi connectivity index (χ3v) is 4.11. The van der Waals surface area contributed by atoms with Crippen molar-refractivity contribution in [3.63, 3.8) is 0 Å². The molecule has 0 atom stereocenters. The molecule has 0 heterocycles. The van der Waals surface area contributed by atoms with Crippen molar-refractivity contribution in [2.75, 3.05) is 0 Å². The number of hydrogen-bond acceptors (Lipinski definition) is 3. The fourth-order valence-corrected chi connectivity index (χ4v) is 3.02. The van der Waals surface area contributed by atoms with Crippen molar-refractivity contribution >= 4 is 21.5 Å². The molecule has 0 unspecified atom stereocenters. The molecule has 0 amide bonds. The standard InChI is InChI=1S/C20H14O3/c21-15-7-5-13-10-17(19(23)11-14(13)9-15)20-16-4-2-1-3-12(16)6-8-18(20)22/h1-11,21-23H. The second-order valence-corrected chi connectivity index (χ2v) is 5.58. The molecule has 0 aliphatic carbocycles. The predicted octanol–water partition coefficient (Wildman–Crippen LogP) is 4.78. The maximum atomic E-state index is 10.4. The van der Waals surface area contributed by atoms with Crippen molar-refractivity contribution in [1.29, 1.82) is 0 Å². The van der Waals surface area contributed by atoms with Crippen LogP contribution >= 0.6 is 0 Å². The van der Waals surface area contributed by atoms with Crippen LogP contribution in [0.25, 0.3) is 32.7 Å². The molecular weight excluding hydrogens is 288 g/mol. The fourth-order valence-electron chi connectivity index (χ4n) is 3.02. The highest BCUT2D eigenvalue weighted by Crippen LogP contribution is 2.42. The Morgan fingerprint density at radius 3 is 2.22 bits per heavy atom. The summed E-state index contributed by atoms with van der Waals surface area (Å²) in [6.07, 6.45) is 0. The first-order chi connectivity index (χ1) is 11.1. The number of phenolic OH excluding ortho intramolecular Hbond substituents is 3. The van der Waals surface area contributed by atoms with Gasteiger partial charge in [-0.2, -0.15) is 0 Å². The molecule has 4 aromatic carbocycles. The Hall–Kier alpha value is -3.20. The van der Waals surface area contributed by atoms with Crippen LogP contribution in [0.4, 0.5) is 0 Å². The number of aromatic hydroxyl groups is 3. The summed E-state index contributed by atoms with van der Waals surface area (Å²) in [4.78, 5) is 0. The van der Waals surface area contributed by atoms with Crippen molar-refractivity contribution in [3.8, 4) is 28.4 Å². The van der Waals surface area contributed by atoms with Crippen LogP contribution in [0.1, 0.15) is 0 Å². The van der Waals surface area contributed by atoms with Gasteiger partial charge in [0.05, 0.1) is 0 Å². The number of phenols is 3. The smallest absolute Gasteiger partial charge is 0.124 e. The summed E-state index contributed by atoms with van der Waals surface area (Å²) in [6, 6.07) is 19.6. The third-order valence-electron chi connectivity index (χ3n) is 4.11. The molecule has 3 N–H and O–H groups in total. The number of rotatable bonds is 1. The van der Waals surface area contributed by atoms with Crippen LogP contribution in [0.2, 0.25) is 0 Å². The number of hydrogen-bond donors (Lipinski definition) is 3. The molecule has 0 bridgehead atoms. The minimum absolute atomic E-state index is 0.0646. The summed E-state index contributed by atoms with van der Waals surface area (Å²) in [5, 5.41) is 33.9. The molecule has 112 valence electrons. The van der Waals surface area contributed by atoms with Gasteiger partial charge in [-0.25, -0.2) is 0 Å². The van der Waals surface area contributed by atoms with Gasteiger partial charge in [-0.15, -0.1) is 0 Å². The maximum absolute atomic E-state index is 10.4. The summed E-state index contributed by atoms with van der Waals surface area (Å²) >= 11 is 0. The minimum atomic E-state index is 0.0646. The van der Waals surface area contributed by atoms with Crippen molar-refractivity contribution in [3.05, 3.63) is 66.7 Å².